The molecule has 4 aromatic rings. The van der Waals surface area contributed by atoms with Crippen LogP contribution in [0.3, 0.4) is 0 Å². The Morgan fingerprint density at radius 2 is 0.893 bits per heavy atom. The molecule has 4 rings (SSSR count). The second kappa shape index (κ2) is 10.4. The van der Waals surface area contributed by atoms with E-state index in [1.807, 2.05) is 78.9 Å². The van der Waals surface area contributed by atoms with Crippen molar-refractivity contribution < 1.29 is 4.79 Å². The van der Waals surface area contributed by atoms with Gasteiger partial charge in [0.15, 0.2) is 5.78 Å². The van der Waals surface area contributed by atoms with E-state index >= 15 is 0 Å². The Morgan fingerprint density at radius 1 is 0.500 bits per heavy atom. The van der Waals surface area contributed by atoms with Crippen molar-refractivity contribution >= 4 is 11.9 Å². The Kier molecular flexibility index (Phi) is 7.11. The predicted octanol–water partition coefficient (Wildman–Crippen LogP) is 6.94. The van der Waals surface area contributed by atoms with Crippen LogP contribution < -0.4 is 0 Å². The number of hydrogen-bond acceptors (Lipinski definition) is 1. The molecule has 0 spiro atoms. The molecule has 0 unspecified atom stereocenters. The Hall–Kier alpha value is -3.71. The first kappa shape index (κ1) is 19.1. The highest BCUT2D eigenvalue weighted by Crippen LogP contribution is 2.17. The molecule has 0 saturated heterocycles. The molecule has 0 radical (unpaired) electrons. The summed E-state index contributed by atoms with van der Waals surface area (Å²) in [5.41, 5.74) is 4.30. The Balaban J connectivity index is 0.000000167. The smallest absolute Gasteiger partial charge is 0.185 e. The number of rotatable bonds is 4. The van der Waals surface area contributed by atoms with Crippen LogP contribution in [0.15, 0.2) is 127 Å². The quantitative estimate of drug-likeness (QED) is 0.284. The summed E-state index contributed by atoms with van der Waals surface area (Å²) in [5, 5.41) is 0. The zero-order valence-corrected chi connectivity index (χ0v) is 15.6. The molecule has 0 aliphatic carbocycles. The second-order valence-corrected chi connectivity index (χ2v) is 6.21. The van der Waals surface area contributed by atoms with Crippen LogP contribution in [0.4, 0.5) is 0 Å². The third-order valence-electron chi connectivity index (χ3n) is 4.17. The lowest BCUT2D eigenvalue weighted by atomic mass is 10.1. The zero-order valence-electron chi connectivity index (χ0n) is 15.6. The van der Waals surface area contributed by atoms with Gasteiger partial charge in [0.05, 0.1) is 0 Å². The third-order valence-corrected chi connectivity index (χ3v) is 4.17. The SMILES string of the molecule is O=C(C=Cc1ccccc1)c1ccccc1.c1ccc(-c2ccccc2)cc1. The summed E-state index contributed by atoms with van der Waals surface area (Å²) < 4.78 is 0. The highest BCUT2D eigenvalue weighted by molar-refractivity contribution is 6.06. The Morgan fingerprint density at radius 3 is 1.36 bits per heavy atom. The Labute approximate surface area is 166 Å². The van der Waals surface area contributed by atoms with Gasteiger partial charge in [0.25, 0.3) is 0 Å². The van der Waals surface area contributed by atoms with Gasteiger partial charge in [0.1, 0.15) is 0 Å². The largest absolute Gasteiger partial charge is 0.289 e. The third kappa shape index (κ3) is 5.93. The van der Waals surface area contributed by atoms with Gasteiger partial charge in [-0.2, -0.15) is 0 Å². The summed E-state index contributed by atoms with van der Waals surface area (Å²) in [4.78, 5) is 11.7. The number of hydrogen-bond donors (Lipinski definition) is 0. The van der Waals surface area contributed by atoms with Crippen LogP contribution in [0, 0.1) is 0 Å². The maximum absolute atomic E-state index is 11.7. The molecule has 4 aromatic carbocycles. The normalized spacial score (nSPS) is 10.1. The molecule has 0 heterocycles. The summed E-state index contributed by atoms with van der Waals surface area (Å²) in [6.07, 6.45) is 3.43. The minimum atomic E-state index is 0.0319. The van der Waals surface area contributed by atoms with Crippen LogP contribution in [0.25, 0.3) is 17.2 Å². The summed E-state index contributed by atoms with van der Waals surface area (Å²) in [5.74, 6) is 0.0319. The summed E-state index contributed by atoms with van der Waals surface area (Å²) in [6.45, 7) is 0. The fourth-order valence-corrected chi connectivity index (χ4v) is 2.70. The number of ketones is 1. The average Bonchev–Trinajstić information content (AvgIpc) is 2.80. The van der Waals surface area contributed by atoms with Crippen molar-refractivity contribution in [2.24, 2.45) is 0 Å². The van der Waals surface area contributed by atoms with Crippen molar-refractivity contribution in [1.82, 2.24) is 0 Å². The fourth-order valence-electron chi connectivity index (χ4n) is 2.70. The van der Waals surface area contributed by atoms with Crippen molar-refractivity contribution in [2.75, 3.05) is 0 Å². The van der Waals surface area contributed by atoms with Gasteiger partial charge in [-0.05, 0) is 22.8 Å². The van der Waals surface area contributed by atoms with Crippen molar-refractivity contribution in [1.29, 1.82) is 0 Å². The van der Waals surface area contributed by atoms with Gasteiger partial charge in [-0.1, -0.05) is 127 Å². The molecule has 0 aliphatic heterocycles. The van der Waals surface area contributed by atoms with Crippen molar-refractivity contribution in [3.05, 3.63) is 139 Å². The van der Waals surface area contributed by atoms with E-state index in [0.29, 0.717) is 0 Å². The number of carbonyl (C=O) groups excluding carboxylic acids is 1. The highest BCUT2D eigenvalue weighted by atomic mass is 16.1. The number of benzene rings is 4. The maximum Gasteiger partial charge on any atom is 0.185 e. The standard InChI is InChI=1S/C15H12O.C12H10/c16-15(14-9-5-2-6-10-14)12-11-13-7-3-1-4-8-13;1-3-7-11(8-4-1)12-9-5-2-6-10-12/h1-12H;1-10H. The Bertz CT molecular complexity index is 952. The molecule has 1 nitrogen and oxygen atoms in total. The lowest BCUT2D eigenvalue weighted by molar-refractivity contribution is 0.104. The first-order chi connectivity index (χ1) is 13.8. The molecular formula is C27H22O. The van der Waals surface area contributed by atoms with E-state index < -0.39 is 0 Å². The van der Waals surface area contributed by atoms with Gasteiger partial charge in [-0.3, -0.25) is 4.79 Å². The first-order valence-electron chi connectivity index (χ1n) is 9.26. The summed E-state index contributed by atoms with van der Waals surface area (Å²) in [7, 11) is 0. The van der Waals surface area contributed by atoms with Crippen LogP contribution in [-0.4, -0.2) is 5.78 Å². The number of carbonyl (C=O) groups is 1. The van der Waals surface area contributed by atoms with E-state index in [1.165, 1.54) is 11.1 Å². The minimum absolute atomic E-state index is 0.0319. The molecule has 0 aromatic heterocycles. The van der Waals surface area contributed by atoms with Gasteiger partial charge in [0, 0.05) is 5.56 Å². The van der Waals surface area contributed by atoms with E-state index in [2.05, 4.69) is 48.5 Å². The molecule has 0 saturated carbocycles. The average molecular weight is 362 g/mol. The summed E-state index contributed by atoms with van der Waals surface area (Å²) >= 11 is 0. The predicted molar refractivity (Wildman–Crippen MR) is 118 cm³/mol. The van der Waals surface area contributed by atoms with E-state index in [9.17, 15) is 4.79 Å². The molecule has 1 heteroatoms. The highest BCUT2D eigenvalue weighted by Gasteiger charge is 1.98. The van der Waals surface area contributed by atoms with Crippen molar-refractivity contribution in [3.8, 4) is 11.1 Å². The molecule has 0 atom stereocenters. The van der Waals surface area contributed by atoms with Crippen LogP contribution in [-0.2, 0) is 0 Å². The topological polar surface area (TPSA) is 17.1 Å². The molecule has 0 fully saturated rings. The molecule has 136 valence electrons. The zero-order chi connectivity index (χ0) is 19.4. The van der Waals surface area contributed by atoms with Gasteiger partial charge in [0.2, 0.25) is 0 Å². The van der Waals surface area contributed by atoms with E-state index in [1.54, 1.807) is 6.08 Å². The molecule has 0 bridgehead atoms. The van der Waals surface area contributed by atoms with Crippen molar-refractivity contribution in [3.63, 3.8) is 0 Å². The summed E-state index contributed by atoms with van der Waals surface area (Å²) in [6, 6.07) is 39.8. The lowest BCUT2D eigenvalue weighted by Crippen LogP contribution is -1.92. The van der Waals surface area contributed by atoms with E-state index in [0.717, 1.165) is 11.1 Å². The van der Waals surface area contributed by atoms with Crippen molar-refractivity contribution in [2.45, 2.75) is 0 Å². The van der Waals surface area contributed by atoms with E-state index in [4.69, 9.17) is 0 Å². The number of allylic oxidation sites excluding steroid dienone is 1. The minimum Gasteiger partial charge on any atom is -0.289 e. The molecule has 0 N–H and O–H groups in total. The molecule has 28 heavy (non-hydrogen) atoms. The van der Waals surface area contributed by atoms with Gasteiger partial charge in [-0.25, -0.2) is 0 Å². The van der Waals surface area contributed by atoms with Gasteiger partial charge in [-0.15, -0.1) is 0 Å². The van der Waals surface area contributed by atoms with E-state index in [-0.39, 0.29) is 5.78 Å². The van der Waals surface area contributed by atoms with Crippen LogP contribution in [0.1, 0.15) is 15.9 Å². The van der Waals surface area contributed by atoms with Crippen LogP contribution in [0.2, 0.25) is 0 Å². The first-order valence-corrected chi connectivity index (χ1v) is 9.26. The van der Waals surface area contributed by atoms with Crippen LogP contribution in [0.5, 0.6) is 0 Å². The fraction of sp³-hybridized carbons (Fsp3) is 0. The second-order valence-electron chi connectivity index (χ2n) is 6.21. The lowest BCUT2D eigenvalue weighted by Gasteiger charge is -1.98. The molecular weight excluding hydrogens is 340 g/mol. The molecule has 0 aliphatic rings. The maximum atomic E-state index is 11.7. The van der Waals surface area contributed by atoms with Crippen LogP contribution >= 0.6 is 0 Å². The van der Waals surface area contributed by atoms with Gasteiger partial charge >= 0.3 is 0 Å². The monoisotopic (exact) mass is 362 g/mol. The van der Waals surface area contributed by atoms with Gasteiger partial charge < -0.3 is 0 Å². The molecule has 0 amide bonds.